The summed E-state index contributed by atoms with van der Waals surface area (Å²) in [7, 11) is 0. The van der Waals surface area contributed by atoms with Gasteiger partial charge in [0.2, 0.25) is 5.91 Å². The Balaban J connectivity index is 3.49. The Hall–Kier alpha value is -1.92. The molecule has 6 heteroatoms. The molecule has 436 valence electrons. The predicted molar refractivity (Wildman–Crippen MR) is 324 cm³/mol. The minimum Gasteiger partial charge on any atom is -0.466 e. The summed E-state index contributed by atoms with van der Waals surface area (Å²) in [5.41, 5.74) is 0. The van der Waals surface area contributed by atoms with Crippen molar-refractivity contribution in [2.75, 3.05) is 13.2 Å². The Labute approximate surface area is 462 Å². The third-order valence-corrected chi connectivity index (χ3v) is 15.4. The zero-order valence-electron chi connectivity index (χ0n) is 49.8. The van der Waals surface area contributed by atoms with Crippen molar-refractivity contribution >= 4 is 11.9 Å². The van der Waals surface area contributed by atoms with Crippen LogP contribution in [0.25, 0.3) is 0 Å². The molecule has 0 aromatic carbocycles. The molecular weight excluding hydrogens is 911 g/mol. The van der Waals surface area contributed by atoms with Crippen molar-refractivity contribution in [3.05, 3.63) is 36.5 Å². The fourth-order valence-electron chi connectivity index (χ4n) is 10.3. The van der Waals surface area contributed by atoms with Crippen LogP contribution in [0.2, 0.25) is 0 Å². The van der Waals surface area contributed by atoms with E-state index < -0.39 is 12.1 Å². The highest BCUT2D eigenvalue weighted by Crippen LogP contribution is 2.18. The molecule has 0 saturated heterocycles. The smallest absolute Gasteiger partial charge is 0.305 e. The summed E-state index contributed by atoms with van der Waals surface area (Å²) in [6, 6.07) is -0.637. The van der Waals surface area contributed by atoms with E-state index in [0.717, 1.165) is 77.0 Å². The lowest BCUT2D eigenvalue weighted by atomic mass is 10.0. The van der Waals surface area contributed by atoms with E-state index in [4.69, 9.17) is 4.74 Å². The molecule has 0 heterocycles. The molecule has 0 aromatic heterocycles. The van der Waals surface area contributed by atoms with Gasteiger partial charge in [0.25, 0.3) is 0 Å². The molecule has 0 radical (unpaired) electrons. The highest BCUT2D eigenvalue weighted by atomic mass is 16.5. The number of carbonyl (C=O) groups excluding carboxylic acids is 2. The van der Waals surface area contributed by atoms with Gasteiger partial charge in [0.1, 0.15) is 0 Å². The van der Waals surface area contributed by atoms with Crippen molar-refractivity contribution in [2.24, 2.45) is 0 Å². The van der Waals surface area contributed by atoms with E-state index in [1.165, 1.54) is 257 Å². The number of hydrogen-bond donors (Lipinski definition) is 3. The number of carbonyl (C=O) groups is 2. The van der Waals surface area contributed by atoms with E-state index in [0.29, 0.717) is 19.4 Å². The number of hydrogen-bond acceptors (Lipinski definition) is 5. The van der Waals surface area contributed by atoms with E-state index in [2.05, 4.69) is 43.5 Å². The largest absolute Gasteiger partial charge is 0.466 e. The molecule has 6 nitrogen and oxygen atoms in total. The maximum atomic E-state index is 12.5. The summed E-state index contributed by atoms with van der Waals surface area (Å²) in [6.45, 7) is 4.89. The first-order chi connectivity index (χ1) is 36.5. The van der Waals surface area contributed by atoms with Gasteiger partial charge in [-0.2, -0.15) is 0 Å². The number of esters is 1. The number of amides is 1. The lowest BCUT2D eigenvalue weighted by molar-refractivity contribution is -0.143. The van der Waals surface area contributed by atoms with Gasteiger partial charge in [0.05, 0.1) is 25.4 Å². The summed E-state index contributed by atoms with van der Waals surface area (Å²) in [5, 5.41) is 23.2. The van der Waals surface area contributed by atoms with Gasteiger partial charge >= 0.3 is 5.97 Å². The van der Waals surface area contributed by atoms with E-state index in [9.17, 15) is 19.8 Å². The second kappa shape index (κ2) is 63.6. The Kier molecular flexibility index (Phi) is 62.0. The van der Waals surface area contributed by atoms with Crippen LogP contribution in [0.15, 0.2) is 36.5 Å². The van der Waals surface area contributed by atoms with Crippen molar-refractivity contribution in [1.29, 1.82) is 0 Å². The SMILES string of the molecule is CCCCCCCCCCCCCCCCCCCCCCCC/C=C/C(O)C(CO)NC(=O)CCCCCCCCCCCC/C=C\C=C/CCCCCOC(=O)CCCCCCCCCCCCCCCC. The number of unbranched alkanes of at least 4 members (excludes halogenated alkanes) is 48. The van der Waals surface area contributed by atoms with E-state index in [1.807, 2.05) is 6.08 Å². The zero-order chi connectivity index (χ0) is 53.6. The summed E-state index contributed by atoms with van der Waals surface area (Å²) in [6.07, 6.45) is 80.6. The fraction of sp³-hybridized carbons (Fsp3) is 0.882. The Morgan fingerprint density at radius 2 is 0.662 bits per heavy atom. The van der Waals surface area contributed by atoms with Crippen LogP contribution in [0.5, 0.6) is 0 Å². The lowest BCUT2D eigenvalue weighted by Gasteiger charge is -2.20. The minimum atomic E-state index is -0.853. The van der Waals surface area contributed by atoms with Crippen LogP contribution < -0.4 is 5.32 Å². The van der Waals surface area contributed by atoms with Gasteiger partial charge in [-0.25, -0.2) is 0 Å². The lowest BCUT2D eigenvalue weighted by Crippen LogP contribution is -2.45. The predicted octanol–water partition coefficient (Wildman–Crippen LogP) is 21.1. The third-order valence-electron chi connectivity index (χ3n) is 15.4. The van der Waals surface area contributed by atoms with E-state index >= 15 is 0 Å². The molecule has 2 unspecified atom stereocenters. The topological polar surface area (TPSA) is 95.9 Å². The number of aliphatic hydroxyl groups is 2. The fourth-order valence-corrected chi connectivity index (χ4v) is 10.3. The maximum absolute atomic E-state index is 12.5. The summed E-state index contributed by atoms with van der Waals surface area (Å²) >= 11 is 0. The normalized spacial score (nSPS) is 12.8. The van der Waals surface area contributed by atoms with Crippen LogP contribution in [0.1, 0.15) is 361 Å². The van der Waals surface area contributed by atoms with Gasteiger partial charge in [-0.15, -0.1) is 0 Å². The summed E-state index contributed by atoms with van der Waals surface area (Å²) in [4.78, 5) is 24.6. The first kappa shape index (κ1) is 72.1. The molecule has 0 saturated carbocycles. The van der Waals surface area contributed by atoms with Crippen LogP contribution in [0.3, 0.4) is 0 Å². The third kappa shape index (κ3) is 59.3. The monoisotopic (exact) mass is 1040 g/mol. The molecule has 2 atom stereocenters. The number of rotatable bonds is 62. The average molecular weight is 1040 g/mol. The molecule has 0 aliphatic carbocycles. The van der Waals surface area contributed by atoms with Crippen molar-refractivity contribution in [3.8, 4) is 0 Å². The van der Waals surface area contributed by atoms with Gasteiger partial charge in [0, 0.05) is 12.8 Å². The molecule has 0 rings (SSSR count). The number of aliphatic hydroxyl groups excluding tert-OH is 2. The van der Waals surface area contributed by atoms with Crippen LogP contribution in [-0.2, 0) is 14.3 Å². The quantitative estimate of drug-likeness (QED) is 0.0244. The van der Waals surface area contributed by atoms with Gasteiger partial charge in [-0.3, -0.25) is 9.59 Å². The van der Waals surface area contributed by atoms with E-state index in [-0.39, 0.29) is 18.5 Å². The molecule has 1 amide bonds. The van der Waals surface area contributed by atoms with E-state index in [1.54, 1.807) is 6.08 Å². The highest BCUT2D eigenvalue weighted by Gasteiger charge is 2.18. The van der Waals surface area contributed by atoms with Crippen molar-refractivity contribution in [1.82, 2.24) is 5.32 Å². The number of allylic oxidation sites excluding steroid dienone is 5. The van der Waals surface area contributed by atoms with Crippen LogP contribution in [-0.4, -0.2) is 47.4 Å². The zero-order valence-corrected chi connectivity index (χ0v) is 49.8. The molecule has 0 aliphatic rings. The summed E-state index contributed by atoms with van der Waals surface area (Å²) < 4.78 is 5.46. The van der Waals surface area contributed by atoms with Crippen molar-refractivity contribution in [3.63, 3.8) is 0 Å². The second-order valence-electron chi connectivity index (χ2n) is 22.8. The number of ether oxygens (including phenoxy) is 1. The average Bonchev–Trinajstić information content (AvgIpc) is 3.40. The molecule has 0 aromatic rings. The van der Waals surface area contributed by atoms with Gasteiger partial charge in [0.15, 0.2) is 0 Å². The maximum Gasteiger partial charge on any atom is 0.305 e. The van der Waals surface area contributed by atoms with Crippen LogP contribution >= 0.6 is 0 Å². The standard InChI is InChI=1S/C68H129NO5/c1-3-5-7-9-11-13-15-17-19-20-21-22-23-24-25-27-30-33-36-40-44-48-52-56-60-66(71)65(64-70)69-67(72)61-57-53-49-45-41-37-34-31-28-26-29-32-35-39-43-47-51-55-59-63-74-68(73)62-58-54-50-46-42-38-18-16-14-12-10-8-6-4-2/h32,35,39,43,56,60,65-66,70-71H,3-31,33-34,36-38,40-42,44-55,57-59,61-64H2,1-2H3,(H,69,72)/b35-32-,43-39-,60-56+. The van der Waals surface area contributed by atoms with Crippen LogP contribution in [0.4, 0.5) is 0 Å². The van der Waals surface area contributed by atoms with Gasteiger partial charge < -0.3 is 20.3 Å². The second-order valence-corrected chi connectivity index (χ2v) is 22.8. The van der Waals surface area contributed by atoms with Gasteiger partial charge in [-0.1, -0.05) is 320 Å². The molecular formula is C68H129NO5. The summed E-state index contributed by atoms with van der Waals surface area (Å²) in [5.74, 6) is -0.0858. The minimum absolute atomic E-state index is 0.0114. The Morgan fingerprint density at radius 3 is 1.00 bits per heavy atom. The first-order valence-corrected chi connectivity index (χ1v) is 33.3. The highest BCUT2D eigenvalue weighted by molar-refractivity contribution is 5.76. The van der Waals surface area contributed by atoms with Crippen molar-refractivity contribution in [2.45, 2.75) is 373 Å². The molecule has 74 heavy (non-hydrogen) atoms. The molecule has 0 spiro atoms. The van der Waals surface area contributed by atoms with Crippen molar-refractivity contribution < 1.29 is 24.5 Å². The van der Waals surface area contributed by atoms with Crippen LogP contribution in [0, 0.1) is 0 Å². The Bertz CT molecular complexity index is 1200. The molecule has 0 fully saturated rings. The molecule has 0 aliphatic heterocycles. The molecule has 3 N–H and O–H groups in total. The Morgan fingerprint density at radius 1 is 0.378 bits per heavy atom. The first-order valence-electron chi connectivity index (χ1n) is 33.3. The van der Waals surface area contributed by atoms with Gasteiger partial charge in [-0.05, 0) is 64.2 Å². The number of nitrogens with one attached hydrogen (secondary N) is 1. The molecule has 0 bridgehead atoms.